The first kappa shape index (κ1) is 28.9. The molecule has 0 aliphatic carbocycles. The quantitative estimate of drug-likeness (QED) is 0.161. The molecule has 178 valence electrons. The molecular weight excluding hydrogens is 376 g/mol. The fourth-order valence-corrected chi connectivity index (χ4v) is 4.39. The molecule has 30 heavy (non-hydrogen) atoms. The Labute approximate surface area is 186 Å². The van der Waals surface area contributed by atoms with Crippen molar-refractivity contribution >= 4 is 11.9 Å². The standard InChI is InChI=1S/C26H50O4/c1-3-5-7-9-11-15-19-23(18-14-8-6-4-2)22-24(26(29)30)20-16-12-10-13-17-21-25(27)28/h23-24H,3-22H2,1-2H3,(H,27,28)(H,29,30). The summed E-state index contributed by atoms with van der Waals surface area (Å²) in [4.78, 5) is 22.4. The van der Waals surface area contributed by atoms with E-state index in [1.807, 2.05) is 0 Å². The summed E-state index contributed by atoms with van der Waals surface area (Å²) in [5.74, 6) is -0.997. The summed E-state index contributed by atoms with van der Waals surface area (Å²) >= 11 is 0. The molecule has 2 atom stereocenters. The van der Waals surface area contributed by atoms with E-state index in [1.165, 1.54) is 77.0 Å². The maximum Gasteiger partial charge on any atom is 0.306 e. The van der Waals surface area contributed by atoms with Gasteiger partial charge < -0.3 is 10.2 Å². The molecule has 4 heteroatoms. The van der Waals surface area contributed by atoms with Crippen molar-refractivity contribution in [2.45, 2.75) is 142 Å². The molecule has 4 nitrogen and oxygen atoms in total. The molecule has 0 heterocycles. The molecule has 2 N–H and O–H groups in total. The molecule has 0 bridgehead atoms. The van der Waals surface area contributed by atoms with Gasteiger partial charge in [0.05, 0.1) is 5.92 Å². The lowest BCUT2D eigenvalue weighted by molar-refractivity contribution is -0.142. The van der Waals surface area contributed by atoms with Crippen LogP contribution in [0.3, 0.4) is 0 Å². The van der Waals surface area contributed by atoms with E-state index >= 15 is 0 Å². The Balaban J connectivity index is 4.28. The Kier molecular flexibility index (Phi) is 20.4. The van der Waals surface area contributed by atoms with Gasteiger partial charge in [-0.3, -0.25) is 9.59 Å². The van der Waals surface area contributed by atoms with Gasteiger partial charge in [0, 0.05) is 6.42 Å². The maximum atomic E-state index is 11.8. The molecule has 0 radical (unpaired) electrons. The number of carboxylic acids is 2. The van der Waals surface area contributed by atoms with E-state index in [0.29, 0.717) is 5.92 Å². The number of rotatable bonds is 23. The van der Waals surface area contributed by atoms with Crippen molar-refractivity contribution in [1.82, 2.24) is 0 Å². The van der Waals surface area contributed by atoms with E-state index < -0.39 is 11.9 Å². The van der Waals surface area contributed by atoms with Crippen molar-refractivity contribution in [3.8, 4) is 0 Å². The topological polar surface area (TPSA) is 74.6 Å². The van der Waals surface area contributed by atoms with Crippen molar-refractivity contribution in [3.63, 3.8) is 0 Å². The Hall–Kier alpha value is -1.06. The molecule has 0 saturated carbocycles. The van der Waals surface area contributed by atoms with Crippen LogP contribution in [0.4, 0.5) is 0 Å². The highest BCUT2D eigenvalue weighted by Crippen LogP contribution is 2.28. The fraction of sp³-hybridized carbons (Fsp3) is 0.923. The van der Waals surface area contributed by atoms with Crippen LogP contribution in [0.2, 0.25) is 0 Å². The summed E-state index contributed by atoms with van der Waals surface area (Å²) < 4.78 is 0. The summed E-state index contributed by atoms with van der Waals surface area (Å²) in [5, 5.41) is 18.4. The van der Waals surface area contributed by atoms with Gasteiger partial charge in [-0.25, -0.2) is 0 Å². The Morgan fingerprint density at radius 1 is 0.600 bits per heavy atom. The van der Waals surface area contributed by atoms with E-state index in [0.717, 1.165) is 44.9 Å². The molecule has 0 aliphatic rings. The van der Waals surface area contributed by atoms with Crippen LogP contribution in [0.5, 0.6) is 0 Å². The van der Waals surface area contributed by atoms with Crippen LogP contribution >= 0.6 is 0 Å². The molecule has 0 aromatic heterocycles. The predicted molar refractivity (Wildman–Crippen MR) is 126 cm³/mol. The second-order valence-corrected chi connectivity index (χ2v) is 9.24. The second kappa shape index (κ2) is 21.2. The third-order valence-electron chi connectivity index (χ3n) is 6.34. The van der Waals surface area contributed by atoms with Gasteiger partial charge in [0.15, 0.2) is 0 Å². The predicted octanol–water partition coefficient (Wildman–Crippen LogP) is 8.23. The summed E-state index contributed by atoms with van der Waals surface area (Å²) in [6.45, 7) is 4.48. The minimum Gasteiger partial charge on any atom is -0.481 e. The molecule has 0 aromatic carbocycles. The average molecular weight is 427 g/mol. The molecule has 0 saturated heterocycles. The van der Waals surface area contributed by atoms with E-state index in [4.69, 9.17) is 5.11 Å². The molecule has 2 unspecified atom stereocenters. The van der Waals surface area contributed by atoms with Crippen LogP contribution in [0.1, 0.15) is 142 Å². The number of unbranched alkanes of at least 4 members (excludes halogenated alkanes) is 12. The number of hydrogen-bond donors (Lipinski definition) is 2. The highest BCUT2D eigenvalue weighted by atomic mass is 16.4. The summed E-state index contributed by atoms with van der Waals surface area (Å²) in [7, 11) is 0. The van der Waals surface area contributed by atoms with E-state index in [2.05, 4.69) is 13.8 Å². The number of carbonyl (C=O) groups is 2. The normalized spacial score (nSPS) is 13.3. The minimum atomic E-state index is -0.726. The van der Waals surface area contributed by atoms with Gasteiger partial charge in [-0.05, 0) is 25.2 Å². The number of hydrogen-bond acceptors (Lipinski definition) is 2. The zero-order chi connectivity index (χ0) is 22.5. The minimum absolute atomic E-state index is 0.208. The van der Waals surface area contributed by atoms with Gasteiger partial charge in [0.25, 0.3) is 0 Å². The molecular formula is C26H50O4. The van der Waals surface area contributed by atoms with Gasteiger partial charge in [-0.15, -0.1) is 0 Å². The number of carboxylic acid groups (broad SMARTS) is 2. The lowest BCUT2D eigenvalue weighted by atomic mass is 9.84. The van der Waals surface area contributed by atoms with Crippen LogP contribution in [-0.2, 0) is 9.59 Å². The fourth-order valence-electron chi connectivity index (χ4n) is 4.39. The monoisotopic (exact) mass is 426 g/mol. The first-order valence-corrected chi connectivity index (χ1v) is 13.0. The largest absolute Gasteiger partial charge is 0.481 e. The molecule has 0 spiro atoms. The smallest absolute Gasteiger partial charge is 0.306 e. The lowest BCUT2D eigenvalue weighted by Crippen LogP contribution is -2.18. The van der Waals surface area contributed by atoms with Gasteiger partial charge in [0.2, 0.25) is 0 Å². The van der Waals surface area contributed by atoms with Crippen molar-refractivity contribution in [1.29, 1.82) is 0 Å². The first-order chi connectivity index (χ1) is 14.5. The molecule has 0 aromatic rings. The van der Waals surface area contributed by atoms with Crippen molar-refractivity contribution in [2.24, 2.45) is 11.8 Å². The van der Waals surface area contributed by atoms with Crippen molar-refractivity contribution in [2.75, 3.05) is 0 Å². The summed E-state index contributed by atoms with van der Waals surface area (Å²) in [6, 6.07) is 0. The van der Waals surface area contributed by atoms with E-state index in [-0.39, 0.29) is 12.3 Å². The first-order valence-electron chi connectivity index (χ1n) is 13.0. The SMILES string of the molecule is CCCCCCCCC(CCCCCC)CC(CCCCCCCC(=O)O)C(=O)O. The average Bonchev–Trinajstić information content (AvgIpc) is 2.71. The van der Waals surface area contributed by atoms with Gasteiger partial charge in [-0.1, -0.05) is 117 Å². The van der Waals surface area contributed by atoms with Gasteiger partial charge in [0.1, 0.15) is 0 Å². The summed E-state index contributed by atoms with van der Waals surface area (Å²) in [6.07, 6.45) is 21.7. The zero-order valence-electron chi connectivity index (χ0n) is 20.0. The van der Waals surface area contributed by atoms with Gasteiger partial charge >= 0.3 is 11.9 Å². The third-order valence-corrected chi connectivity index (χ3v) is 6.34. The summed E-state index contributed by atoms with van der Waals surface area (Å²) in [5.41, 5.74) is 0. The Morgan fingerprint density at radius 2 is 1.03 bits per heavy atom. The molecule has 0 amide bonds. The zero-order valence-corrected chi connectivity index (χ0v) is 20.0. The second-order valence-electron chi connectivity index (χ2n) is 9.24. The molecule has 0 rings (SSSR count). The Morgan fingerprint density at radius 3 is 1.53 bits per heavy atom. The van der Waals surface area contributed by atoms with Crippen LogP contribution in [0, 0.1) is 11.8 Å². The van der Waals surface area contributed by atoms with Crippen LogP contribution in [0.25, 0.3) is 0 Å². The van der Waals surface area contributed by atoms with Crippen LogP contribution < -0.4 is 0 Å². The van der Waals surface area contributed by atoms with E-state index in [1.54, 1.807) is 0 Å². The molecule has 0 aliphatic heterocycles. The van der Waals surface area contributed by atoms with Crippen molar-refractivity contribution < 1.29 is 19.8 Å². The highest BCUT2D eigenvalue weighted by molar-refractivity contribution is 5.69. The van der Waals surface area contributed by atoms with Gasteiger partial charge in [-0.2, -0.15) is 0 Å². The maximum absolute atomic E-state index is 11.8. The molecule has 0 fully saturated rings. The van der Waals surface area contributed by atoms with Crippen molar-refractivity contribution in [3.05, 3.63) is 0 Å². The third kappa shape index (κ3) is 18.9. The van der Waals surface area contributed by atoms with E-state index in [9.17, 15) is 14.7 Å². The number of aliphatic carboxylic acids is 2. The van der Waals surface area contributed by atoms with Crippen LogP contribution in [0.15, 0.2) is 0 Å². The van der Waals surface area contributed by atoms with Crippen LogP contribution in [-0.4, -0.2) is 22.2 Å². The lowest BCUT2D eigenvalue weighted by Gasteiger charge is -2.21. The Bertz CT molecular complexity index is 408. The highest BCUT2D eigenvalue weighted by Gasteiger charge is 2.22.